The van der Waals surface area contributed by atoms with Crippen molar-refractivity contribution in [2.24, 2.45) is 0 Å². The Bertz CT molecular complexity index is 737. The molecule has 1 N–H and O–H groups in total. The van der Waals surface area contributed by atoms with Gasteiger partial charge in [-0.2, -0.15) is 0 Å². The third kappa shape index (κ3) is 5.68. The fourth-order valence-electron chi connectivity index (χ4n) is 1.80. The molecule has 0 saturated heterocycles. The number of benzene rings is 1. The van der Waals surface area contributed by atoms with Crippen LogP contribution >= 0.6 is 0 Å². The normalized spacial score (nSPS) is 13.2. The minimum Gasteiger partial charge on any atom is -0.468 e. The van der Waals surface area contributed by atoms with E-state index in [4.69, 9.17) is 9.57 Å². The quantitative estimate of drug-likeness (QED) is 0.572. The van der Waals surface area contributed by atoms with Crippen molar-refractivity contribution in [2.75, 3.05) is 13.7 Å². The van der Waals surface area contributed by atoms with Crippen LogP contribution in [-0.4, -0.2) is 55.5 Å². The number of hydroxylamine groups is 1. The van der Waals surface area contributed by atoms with E-state index >= 15 is 0 Å². The van der Waals surface area contributed by atoms with Gasteiger partial charge < -0.3 is 19.4 Å². The van der Waals surface area contributed by atoms with Gasteiger partial charge in [0.1, 0.15) is 5.60 Å². The number of rotatable bonds is 6. The summed E-state index contributed by atoms with van der Waals surface area (Å²) in [7, 11) is -3.48. The maximum atomic E-state index is 12.8. The molecule has 0 radical (unpaired) electrons. The molecule has 0 unspecified atom stereocenters. The van der Waals surface area contributed by atoms with Gasteiger partial charge >= 0.3 is 12.1 Å². The molecule has 0 heterocycles. The van der Waals surface area contributed by atoms with Crippen molar-refractivity contribution in [2.45, 2.75) is 44.2 Å². The smallest absolute Gasteiger partial charge is 0.468 e. The van der Waals surface area contributed by atoms with E-state index in [1.165, 1.54) is 24.3 Å². The first-order valence-electron chi connectivity index (χ1n) is 7.63. The topological polar surface area (TPSA) is 119 Å². The number of hydrogen-bond donors (Lipinski definition) is 1. The second kappa shape index (κ2) is 8.47. The molecule has 0 aliphatic carbocycles. The maximum absolute atomic E-state index is 12.8. The highest BCUT2D eigenvalue weighted by Crippen LogP contribution is 2.21. The number of aliphatic hydroxyl groups excluding tert-OH is 1. The Kier molecular flexibility index (Phi) is 7.13. The van der Waals surface area contributed by atoms with E-state index < -0.39 is 40.4 Å². The van der Waals surface area contributed by atoms with Crippen molar-refractivity contribution in [1.29, 1.82) is 0 Å². The van der Waals surface area contributed by atoms with Crippen LogP contribution in [0, 0.1) is 6.92 Å². The molecule has 26 heavy (non-hydrogen) atoms. The Morgan fingerprint density at radius 1 is 1.19 bits per heavy atom. The lowest BCUT2D eigenvalue weighted by molar-refractivity contribution is -0.163. The largest absolute Gasteiger partial charge is 0.529 e. The van der Waals surface area contributed by atoms with Gasteiger partial charge in [-0.05, 0) is 44.3 Å². The van der Waals surface area contributed by atoms with Gasteiger partial charge in [0.05, 0.1) is 18.6 Å². The average Bonchev–Trinajstić information content (AvgIpc) is 2.53. The van der Waals surface area contributed by atoms with Crippen molar-refractivity contribution in [3.05, 3.63) is 29.8 Å². The van der Waals surface area contributed by atoms with Gasteiger partial charge in [-0.3, -0.25) is 4.79 Å². The molecular formula is C16H23NO8S. The number of carbonyl (C=O) groups excluding carboxylic acids is 2. The summed E-state index contributed by atoms with van der Waals surface area (Å²) >= 11 is 0. The number of carbonyl (C=O) groups is 2. The summed E-state index contributed by atoms with van der Waals surface area (Å²) in [5.74, 6) is -1.10. The summed E-state index contributed by atoms with van der Waals surface area (Å²) < 4.78 is 35.2. The molecule has 0 saturated carbocycles. The lowest BCUT2D eigenvalue weighted by Crippen LogP contribution is -2.49. The standard InChI is InChI=1S/C16H23NO8S/c1-11-6-8-12(9-7-11)26(21,22)17(13(10-18)14(19)23-5)25-15(20)24-16(2,3)4/h6-9,13,18H,10H2,1-5H3/t13-/m1/s1. The number of aryl methyl sites for hydroxylation is 1. The number of ether oxygens (including phenoxy) is 2. The molecular weight excluding hydrogens is 366 g/mol. The summed E-state index contributed by atoms with van der Waals surface area (Å²) in [5, 5.41) is 9.46. The fraction of sp³-hybridized carbons (Fsp3) is 0.500. The maximum Gasteiger partial charge on any atom is 0.529 e. The Hall–Kier alpha value is -2.17. The SMILES string of the molecule is COC(=O)[C@@H](CO)N(OC(=O)OC(C)(C)C)S(=O)(=O)c1ccc(C)cc1. The van der Waals surface area contributed by atoms with Gasteiger partial charge in [-0.1, -0.05) is 17.7 Å². The molecule has 1 atom stereocenters. The number of nitrogens with zero attached hydrogens (tertiary/aromatic N) is 1. The zero-order chi connectivity index (χ0) is 20.1. The Morgan fingerprint density at radius 2 is 1.73 bits per heavy atom. The van der Waals surface area contributed by atoms with E-state index in [1.54, 1.807) is 27.7 Å². The summed E-state index contributed by atoms with van der Waals surface area (Å²) in [5.41, 5.74) is -0.161. The van der Waals surface area contributed by atoms with Gasteiger partial charge in [0.15, 0.2) is 6.04 Å². The van der Waals surface area contributed by atoms with Gasteiger partial charge in [-0.15, -0.1) is 0 Å². The van der Waals surface area contributed by atoms with Gasteiger partial charge in [0, 0.05) is 0 Å². The zero-order valence-electron chi connectivity index (χ0n) is 15.3. The molecule has 0 fully saturated rings. The number of esters is 1. The number of aliphatic hydroxyl groups is 1. The highest BCUT2D eigenvalue weighted by atomic mass is 32.2. The second-order valence-corrected chi connectivity index (χ2v) is 8.13. The third-order valence-corrected chi connectivity index (χ3v) is 4.68. The van der Waals surface area contributed by atoms with Crippen LogP contribution in [0.25, 0.3) is 0 Å². The second-order valence-electron chi connectivity index (χ2n) is 6.35. The molecule has 1 rings (SSSR count). The monoisotopic (exact) mass is 389 g/mol. The first-order chi connectivity index (χ1) is 11.9. The van der Waals surface area contributed by atoms with E-state index in [1.807, 2.05) is 0 Å². The molecule has 0 aliphatic rings. The van der Waals surface area contributed by atoms with Crippen molar-refractivity contribution in [1.82, 2.24) is 4.47 Å². The molecule has 0 aromatic heterocycles. The van der Waals surface area contributed by atoms with Crippen LogP contribution in [0.3, 0.4) is 0 Å². The number of sulfonamides is 1. The van der Waals surface area contributed by atoms with Crippen LogP contribution in [0.2, 0.25) is 0 Å². The van der Waals surface area contributed by atoms with E-state index in [2.05, 4.69) is 4.74 Å². The summed E-state index contributed by atoms with van der Waals surface area (Å²) in [6, 6.07) is 3.83. The molecule has 146 valence electrons. The molecule has 1 aromatic rings. The number of hydrogen-bond acceptors (Lipinski definition) is 8. The lowest BCUT2D eigenvalue weighted by atomic mass is 10.2. The van der Waals surface area contributed by atoms with Crippen LogP contribution in [-0.2, 0) is 29.1 Å². The van der Waals surface area contributed by atoms with E-state index in [-0.39, 0.29) is 9.36 Å². The Labute approximate surface area is 152 Å². The fourth-order valence-corrected chi connectivity index (χ4v) is 3.13. The predicted molar refractivity (Wildman–Crippen MR) is 90.4 cm³/mol. The van der Waals surface area contributed by atoms with Crippen LogP contribution in [0.5, 0.6) is 0 Å². The highest BCUT2D eigenvalue weighted by molar-refractivity contribution is 7.89. The first-order valence-corrected chi connectivity index (χ1v) is 9.07. The van der Waals surface area contributed by atoms with Crippen molar-refractivity contribution >= 4 is 22.1 Å². The molecule has 0 bridgehead atoms. The summed E-state index contributed by atoms with van der Waals surface area (Å²) in [4.78, 5) is 28.3. The van der Waals surface area contributed by atoms with Crippen LogP contribution in [0.15, 0.2) is 29.2 Å². The van der Waals surface area contributed by atoms with Crippen LogP contribution < -0.4 is 0 Å². The van der Waals surface area contributed by atoms with Gasteiger partial charge in [-0.25, -0.2) is 13.2 Å². The molecule has 0 aliphatic heterocycles. The number of methoxy groups -OCH3 is 1. The average molecular weight is 389 g/mol. The highest BCUT2D eigenvalue weighted by Gasteiger charge is 2.41. The molecule has 0 spiro atoms. The minimum atomic E-state index is -4.49. The van der Waals surface area contributed by atoms with Crippen molar-refractivity contribution < 1.29 is 37.4 Å². The summed E-state index contributed by atoms with van der Waals surface area (Å²) in [6.45, 7) is 5.45. The van der Waals surface area contributed by atoms with E-state index in [0.717, 1.165) is 12.7 Å². The molecule has 9 nitrogen and oxygen atoms in total. The molecule has 10 heteroatoms. The van der Waals surface area contributed by atoms with Gasteiger partial charge in [0.25, 0.3) is 10.0 Å². The first kappa shape index (κ1) is 21.9. The van der Waals surface area contributed by atoms with E-state index in [0.29, 0.717) is 0 Å². The molecule has 0 amide bonds. The zero-order valence-corrected chi connectivity index (χ0v) is 16.1. The predicted octanol–water partition coefficient (Wildman–Crippen LogP) is 1.39. The lowest BCUT2D eigenvalue weighted by Gasteiger charge is -2.27. The van der Waals surface area contributed by atoms with E-state index in [9.17, 15) is 23.1 Å². The Morgan fingerprint density at radius 3 is 2.15 bits per heavy atom. The Balaban J connectivity index is 3.32. The molecule has 1 aromatic carbocycles. The van der Waals surface area contributed by atoms with Crippen molar-refractivity contribution in [3.8, 4) is 0 Å². The van der Waals surface area contributed by atoms with Crippen molar-refractivity contribution in [3.63, 3.8) is 0 Å². The van der Waals surface area contributed by atoms with Crippen LogP contribution in [0.4, 0.5) is 4.79 Å². The van der Waals surface area contributed by atoms with Crippen LogP contribution in [0.1, 0.15) is 26.3 Å². The van der Waals surface area contributed by atoms with Gasteiger partial charge in [0.2, 0.25) is 0 Å². The minimum absolute atomic E-state index is 0.0948. The summed E-state index contributed by atoms with van der Waals surface area (Å²) in [6.07, 6.45) is -1.35. The third-order valence-electron chi connectivity index (χ3n) is 3.01.